The smallest absolute Gasteiger partial charge is 0.140 e. The zero-order valence-corrected chi connectivity index (χ0v) is 10.9. The Balaban J connectivity index is 1.89. The number of rotatable bonds is 5. The summed E-state index contributed by atoms with van der Waals surface area (Å²) in [5, 5.41) is 3.29. The van der Waals surface area contributed by atoms with Gasteiger partial charge < -0.3 is 10.1 Å². The fraction of sp³-hybridized carbons (Fsp3) is 0.533. The van der Waals surface area contributed by atoms with Gasteiger partial charge in [-0.3, -0.25) is 4.79 Å². The van der Waals surface area contributed by atoms with Gasteiger partial charge >= 0.3 is 0 Å². The molecule has 1 aliphatic heterocycles. The van der Waals surface area contributed by atoms with Crippen LogP contribution in [0.3, 0.4) is 0 Å². The summed E-state index contributed by atoms with van der Waals surface area (Å²) in [5.41, 5.74) is 1.09. The predicted molar refractivity (Wildman–Crippen MR) is 71.9 cm³/mol. The fourth-order valence-corrected chi connectivity index (χ4v) is 2.36. The second-order valence-electron chi connectivity index (χ2n) is 4.74. The van der Waals surface area contributed by atoms with Crippen LogP contribution < -0.4 is 10.1 Å². The van der Waals surface area contributed by atoms with Crippen LogP contribution in [0.25, 0.3) is 0 Å². The number of hydrogen-bond donors (Lipinski definition) is 1. The standard InChI is InChI=1S/C15H21NO2/c1-2-18-14-5-3-12(4-6-14)11-15(17)13-7-9-16-10-8-13/h3-6,13,16H,2,7-11H2,1H3. The molecule has 0 radical (unpaired) electrons. The highest BCUT2D eigenvalue weighted by atomic mass is 16.5. The van der Waals surface area contributed by atoms with Crippen molar-refractivity contribution in [2.45, 2.75) is 26.2 Å². The third-order valence-electron chi connectivity index (χ3n) is 3.41. The van der Waals surface area contributed by atoms with Crippen LogP contribution >= 0.6 is 0 Å². The van der Waals surface area contributed by atoms with E-state index in [1.165, 1.54) is 0 Å². The van der Waals surface area contributed by atoms with E-state index in [0.29, 0.717) is 18.8 Å². The quantitative estimate of drug-likeness (QED) is 0.867. The normalized spacial score (nSPS) is 16.5. The SMILES string of the molecule is CCOc1ccc(CC(=O)C2CCNCC2)cc1. The van der Waals surface area contributed by atoms with E-state index in [9.17, 15) is 4.79 Å². The van der Waals surface area contributed by atoms with Gasteiger partial charge in [0.2, 0.25) is 0 Å². The Morgan fingerprint density at radius 3 is 2.56 bits per heavy atom. The van der Waals surface area contributed by atoms with Crippen LogP contribution in [0.15, 0.2) is 24.3 Å². The van der Waals surface area contributed by atoms with E-state index in [2.05, 4.69) is 5.32 Å². The maximum Gasteiger partial charge on any atom is 0.140 e. The molecular formula is C15H21NO2. The third kappa shape index (κ3) is 3.57. The van der Waals surface area contributed by atoms with E-state index >= 15 is 0 Å². The minimum absolute atomic E-state index is 0.248. The number of carbonyl (C=O) groups excluding carboxylic acids is 1. The summed E-state index contributed by atoms with van der Waals surface area (Å²) in [6.45, 7) is 4.58. The number of carbonyl (C=O) groups is 1. The summed E-state index contributed by atoms with van der Waals surface area (Å²) in [4.78, 5) is 12.1. The molecule has 98 valence electrons. The molecule has 0 atom stereocenters. The number of hydrogen-bond acceptors (Lipinski definition) is 3. The van der Waals surface area contributed by atoms with Gasteiger partial charge in [0.05, 0.1) is 6.61 Å². The van der Waals surface area contributed by atoms with Crippen molar-refractivity contribution in [3.05, 3.63) is 29.8 Å². The Morgan fingerprint density at radius 2 is 1.94 bits per heavy atom. The Labute approximate surface area is 109 Å². The molecule has 1 aromatic carbocycles. The lowest BCUT2D eigenvalue weighted by Crippen LogP contribution is -2.32. The Bertz CT molecular complexity index is 380. The van der Waals surface area contributed by atoms with Gasteiger partial charge in [0.25, 0.3) is 0 Å². The van der Waals surface area contributed by atoms with E-state index in [4.69, 9.17) is 4.74 Å². The molecule has 18 heavy (non-hydrogen) atoms. The number of nitrogens with one attached hydrogen (secondary N) is 1. The topological polar surface area (TPSA) is 38.3 Å². The summed E-state index contributed by atoms with van der Waals surface area (Å²) in [6.07, 6.45) is 2.52. The van der Waals surface area contributed by atoms with Crippen molar-refractivity contribution in [2.75, 3.05) is 19.7 Å². The summed E-state index contributed by atoms with van der Waals surface area (Å²) in [6, 6.07) is 7.86. The molecule has 0 amide bonds. The highest BCUT2D eigenvalue weighted by Crippen LogP contribution is 2.17. The van der Waals surface area contributed by atoms with Gasteiger partial charge in [-0.2, -0.15) is 0 Å². The van der Waals surface area contributed by atoms with E-state index in [-0.39, 0.29) is 5.92 Å². The second-order valence-corrected chi connectivity index (χ2v) is 4.74. The van der Waals surface area contributed by atoms with Crippen LogP contribution in [-0.2, 0) is 11.2 Å². The van der Waals surface area contributed by atoms with Crippen molar-refractivity contribution < 1.29 is 9.53 Å². The average Bonchev–Trinajstić information content (AvgIpc) is 2.42. The van der Waals surface area contributed by atoms with Crippen molar-refractivity contribution in [3.63, 3.8) is 0 Å². The minimum atomic E-state index is 0.248. The van der Waals surface area contributed by atoms with E-state index in [0.717, 1.165) is 37.2 Å². The summed E-state index contributed by atoms with van der Waals surface area (Å²) < 4.78 is 5.39. The lowest BCUT2D eigenvalue weighted by atomic mass is 9.90. The van der Waals surface area contributed by atoms with Gasteiger partial charge in [0, 0.05) is 12.3 Å². The van der Waals surface area contributed by atoms with E-state index < -0.39 is 0 Å². The molecule has 3 heteroatoms. The van der Waals surface area contributed by atoms with Gasteiger partial charge in [0.1, 0.15) is 11.5 Å². The number of ketones is 1. The van der Waals surface area contributed by atoms with Crippen LogP contribution in [0.5, 0.6) is 5.75 Å². The molecule has 0 aliphatic carbocycles. The predicted octanol–water partition coefficient (Wildman–Crippen LogP) is 2.20. The largest absolute Gasteiger partial charge is 0.494 e. The number of Topliss-reactive ketones (excluding diaryl/α,β-unsaturated/α-hetero) is 1. The van der Waals surface area contributed by atoms with Crippen molar-refractivity contribution in [1.82, 2.24) is 5.32 Å². The summed E-state index contributed by atoms with van der Waals surface area (Å²) in [5.74, 6) is 1.49. The van der Waals surface area contributed by atoms with Crippen LogP contribution in [0, 0.1) is 5.92 Å². The first kappa shape index (κ1) is 13.1. The molecular weight excluding hydrogens is 226 g/mol. The van der Waals surface area contributed by atoms with Crippen LogP contribution in [0.2, 0.25) is 0 Å². The monoisotopic (exact) mass is 247 g/mol. The summed E-state index contributed by atoms with van der Waals surface area (Å²) in [7, 11) is 0. The second kappa shape index (κ2) is 6.55. The van der Waals surface area contributed by atoms with Crippen LogP contribution in [-0.4, -0.2) is 25.5 Å². The van der Waals surface area contributed by atoms with Gasteiger partial charge in [0.15, 0.2) is 0 Å². The molecule has 3 nitrogen and oxygen atoms in total. The maximum atomic E-state index is 12.1. The first-order valence-corrected chi connectivity index (χ1v) is 6.74. The molecule has 0 unspecified atom stereocenters. The molecule has 0 spiro atoms. The van der Waals surface area contributed by atoms with Crippen molar-refractivity contribution in [3.8, 4) is 5.75 Å². The molecule has 0 aromatic heterocycles. The molecule has 1 saturated heterocycles. The first-order chi connectivity index (χ1) is 8.79. The van der Waals surface area contributed by atoms with Gasteiger partial charge in [-0.15, -0.1) is 0 Å². The Hall–Kier alpha value is -1.35. The molecule has 0 saturated carbocycles. The van der Waals surface area contributed by atoms with Crippen molar-refractivity contribution >= 4 is 5.78 Å². The van der Waals surface area contributed by atoms with Gasteiger partial charge in [-0.1, -0.05) is 12.1 Å². The van der Waals surface area contributed by atoms with Crippen molar-refractivity contribution in [1.29, 1.82) is 0 Å². The fourth-order valence-electron chi connectivity index (χ4n) is 2.36. The zero-order chi connectivity index (χ0) is 12.8. The summed E-state index contributed by atoms with van der Waals surface area (Å²) >= 11 is 0. The van der Waals surface area contributed by atoms with Gasteiger partial charge in [-0.05, 0) is 50.6 Å². The molecule has 1 aliphatic rings. The highest BCUT2D eigenvalue weighted by Gasteiger charge is 2.20. The third-order valence-corrected chi connectivity index (χ3v) is 3.41. The number of piperidine rings is 1. The molecule has 1 heterocycles. The van der Waals surface area contributed by atoms with Gasteiger partial charge in [-0.25, -0.2) is 0 Å². The van der Waals surface area contributed by atoms with Crippen LogP contribution in [0.1, 0.15) is 25.3 Å². The van der Waals surface area contributed by atoms with E-state index in [1.54, 1.807) is 0 Å². The first-order valence-electron chi connectivity index (χ1n) is 6.74. The highest BCUT2D eigenvalue weighted by molar-refractivity contribution is 5.83. The molecule has 1 fully saturated rings. The van der Waals surface area contributed by atoms with E-state index in [1.807, 2.05) is 31.2 Å². The average molecular weight is 247 g/mol. The molecule has 2 rings (SSSR count). The minimum Gasteiger partial charge on any atom is -0.494 e. The lowest BCUT2D eigenvalue weighted by molar-refractivity contribution is -0.122. The lowest BCUT2D eigenvalue weighted by Gasteiger charge is -2.21. The molecule has 1 N–H and O–H groups in total. The maximum absolute atomic E-state index is 12.1. The number of benzene rings is 1. The zero-order valence-electron chi connectivity index (χ0n) is 10.9. The molecule has 0 bridgehead atoms. The van der Waals surface area contributed by atoms with Crippen molar-refractivity contribution in [2.24, 2.45) is 5.92 Å². The number of ether oxygens (including phenoxy) is 1. The Kier molecular flexibility index (Phi) is 4.76. The van der Waals surface area contributed by atoms with Crippen LogP contribution in [0.4, 0.5) is 0 Å². The molecule has 1 aromatic rings. The Morgan fingerprint density at radius 1 is 1.28 bits per heavy atom.